The molecule has 2 aromatic rings. The molecule has 0 bridgehead atoms. The first kappa shape index (κ1) is 14.4. The summed E-state index contributed by atoms with van der Waals surface area (Å²) in [6.07, 6.45) is 2.47. The van der Waals surface area contributed by atoms with Gasteiger partial charge in [-0.3, -0.25) is 9.59 Å². The van der Waals surface area contributed by atoms with Crippen molar-refractivity contribution in [2.24, 2.45) is 0 Å². The molecule has 2 aromatic heterocycles. The molecule has 110 valence electrons. The van der Waals surface area contributed by atoms with E-state index in [-0.39, 0.29) is 11.5 Å². The van der Waals surface area contributed by atoms with E-state index < -0.39 is 0 Å². The molecule has 6 heteroatoms. The smallest absolute Gasteiger partial charge is 0.255 e. The highest BCUT2D eigenvalue weighted by Crippen LogP contribution is 2.36. The van der Waals surface area contributed by atoms with Crippen molar-refractivity contribution >= 4 is 29.0 Å². The number of amides is 1. The third kappa shape index (κ3) is 3.39. The van der Waals surface area contributed by atoms with Crippen LogP contribution in [-0.4, -0.2) is 34.6 Å². The number of nitrogens with zero attached hydrogens (tertiary/aromatic N) is 1. The summed E-state index contributed by atoms with van der Waals surface area (Å²) in [5, 5.41) is 2.59. The Morgan fingerprint density at radius 1 is 1.29 bits per heavy atom. The molecular weight excluding hydrogens is 304 g/mol. The summed E-state index contributed by atoms with van der Waals surface area (Å²) in [5.74, 6) is 0.941. The first-order valence-electron chi connectivity index (χ1n) is 6.87. The van der Waals surface area contributed by atoms with Gasteiger partial charge in [0.1, 0.15) is 0 Å². The first-order chi connectivity index (χ1) is 10.2. The van der Waals surface area contributed by atoms with Gasteiger partial charge in [-0.15, -0.1) is 11.3 Å². The maximum Gasteiger partial charge on any atom is 0.255 e. The van der Waals surface area contributed by atoms with Crippen LogP contribution in [0.1, 0.15) is 26.9 Å². The van der Waals surface area contributed by atoms with Crippen molar-refractivity contribution in [1.82, 2.24) is 9.88 Å². The number of pyridine rings is 1. The van der Waals surface area contributed by atoms with E-state index in [4.69, 9.17) is 0 Å². The molecule has 1 atom stereocenters. The summed E-state index contributed by atoms with van der Waals surface area (Å²) in [5.41, 5.74) is 0.366. The Balaban J connectivity index is 1.68. The average Bonchev–Trinajstić information content (AvgIpc) is 2.92. The molecule has 0 spiro atoms. The Bertz CT molecular complexity index is 646. The van der Waals surface area contributed by atoms with Crippen molar-refractivity contribution in [3.63, 3.8) is 0 Å². The number of nitrogens with one attached hydrogen (secondary N) is 1. The van der Waals surface area contributed by atoms with Crippen molar-refractivity contribution < 1.29 is 4.79 Å². The van der Waals surface area contributed by atoms with E-state index in [1.165, 1.54) is 17.1 Å². The standard InChI is InChI=1S/C15H16N2O2S2/c18-14-4-3-11(10-16-14)15(19)17-6-5-13(21-9-7-17)12-2-1-8-20-12/h1-4,8,10,13H,5-7,9H2,(H,16,18)/t13-/m0/s1. The zero-order chi connectivity index (χ0) is 14.7. The van der Waals surface area contributed by atoms with Crippen molar-refractivity contribution in [2.75, 3.05) is 18.8 Å². The molecule has 4 nitrogen and oxygen atoms in total. The average molecular weight is 320 g/mol. The fraction of sp³-hybridized carbons (Fsp3) is 0.333. The molecule has 1 N–H and O–H groups in total. The molecule has 0 aromatic carbocycles. The Kier molecular flexibility index (Phi) is 4.45. The van der Waals surface area contributed by atoms with Crippen LogP contribution in [0.2, 0.25) is 0 Å². The predicted octanol–water partition coefficient (Wildman–Crippen LogP) is 2.76. The van der Waals surface area contributed by atoms with Gasteiger partial charge in [0.2, 0.25) is 5.56 Å². The lowest BCUT2D eigenvalue weighted by Crippen LogP contribution is -2.33. The number of hydrogen-bond acceptors (Lipinski definition) is 4. The van der Waals surface area contributed by atoms with Gasteiger partial charge in [-0.25, -0.2) is 0 Å². The molecule has 3 rings (SSSR count). The van der Waals surface area contributed by atoms with Crippen molar-refractivity contribution in [1.29, 1.82) is 0 Å². The largest absolute Gasteiger partial charge is 0.338 e. The van der Waals surface area contributed by atoms with Crippen LogP contribution in [0.5, 0.6) is 0 Å². The molecule has 1 aliphatic rings. The van der Waals surface area contributed by atoms with Crippen molar-refractivity contribution in [3.8, 4) is 0 Å². The Morgan fingerprint density at radius 3 is 2.90 bits per heavy atom. The van der Waals surface area contributed by atoms with E-state index in [1.54, 1.807) is 17.4 Å². The number of aromatic nitrogens is 1. The van der Waals surface area contributed by atoms with Crippen molar-refractivity contribution in [2.45, 2.75) is 11.7 Å². The molecular formula is C15H16N2O2S2. The highest BCUT2D eigenvalue weighted by molar-refractivity contribution is 7.99. The SMILES string of the molecule is O=C(c1ccc(=O)[nH]c1)N1CCS[C@H](c2cccs2)CC1. The third-order valence-electron chi connectivity index (χ3n) is 3.52. The second-order valence-electron chi connectivity index (χ2n) is 4.90. The molecule has 3 heterocycles. The van der Waals surface area contributed by atoms with E-state index in [0.717, 1.165) is 25.3 Å². The van der Waals surface area contributed by atoms with Crippen molar-refractivity contribution in [3.05, 3.63) is 56.6 Å². The normalized spacial score (nSPS) is 19.2. The summed E-state index contributed by atoms with van der Waals surface area (Å²) in [7, 11) is 0. The van der Waals surface area contributed by atoms with Gasteiger partial charge in [-0.2, -0.15) is 11.8 Å². The fourth-order valence-corrected chi connectivity index (χ4v) is 4.64. The summed E-state index contributed by atoms with van der Waals surface area (Å²) < 4.78 is 0. The van der Waals surface area contributed by atoms with Crippen LogP contribution >= 0.6 is 23.1 Å². The minimum atomic E-state index is -0.185. The topological polar surface area (TPSA) is 53.2 Å². The second-order valence-corrected chi connectivity index (χ2v) is 7.19. The highest BCUT2D eigenvalue weighted by atomic mass is 32.2. The zero-order valence-electron chi connectivity index (χ0n) is 11.5. The molecule has 1 saturated heterocycles. The third-order valence-corrected chi connectivity index (χ3v) is 5.97. The lowest BCUT2D eigenvalue weighted by molar-refractivity contribution is 0.0766. The number of thioether (sulfide) groups is 1. The predicted molar refractivity (Wildman–Crippen MR) is 87.1 cm³/mol. The van der Waals surface area contributed by atoms with Gasteiger partial charge in [0, 0.05) is 41.2 Å². The highest BCUT2D eigenvalue weighted by Gasteiger charge is 2.23. The summed E-state index contributed by atoms with van der Waals surface area (Å²) in [4.78, 5) is 29.4. The van der Waals surface area contributed by atoms with Gasteiger partial charge in [-0.1, -0.05) is 6.07 Å². The minimum Gasteiger partial charge on any atom is -0.338 e. The molecule has 1 amide bonds. The molecule has 0 saturated carbocycles. The van der Waals surface area contributed by atoms with E-state index >= 15 is 0 Å². The maximum absolute atomic E-state index is 12.5. The van der Waals surface area contributed by atoms with Crippen LogP contribution in [0, 0.1) is 0 Å². The van der Waals surface area contributed by atoms with E-state index in [1.807, 2.05) is 16.7 Å². The quantitative estimate of drug-likeness (QED) is 0.926. The van der Waals surface area contributed by atoms with E-state index in [9.17, 15) is 9.59 Å². The molecule has 0 radical (unpaired) electrons. The monoisotopic (exact) mass is 320 g/mol. The molecule has 1 aliphatic heterocycles. The molecule has 21 heavy (non-hydrogen) atoms. The zero-order valence-corrected chi connectivity index (χ0v) is 13.1. The van der Waals surface area contributed by atoms with Crippen LogP contribution in [0.4, 0.5) is 0 Å². The molecule has 1 fully saturated rings. The van der Waals surface area contributed by atoms with Crippen LogP contribution in [-0.2, 0) is 0 Å². The van der Waals surface area contributed by atoms with Gasteiger partial charge in [0.25, 0.3) is 5.91 Å². The lowest BCUT2D eigenvalue weighted by Gasteiger charge is -2.20. The lowest BCUT2D eigenvalue weighted by atomic mass is 10.2. The van der Waals surface area contributed by atoms with Crippen LogP contribution < -0.4 is 5.56 Å². The summed E-state index contributed by atoms with van der Waals surface area (Å²) in [6.45, 7) is 1.51. The molecule has 0 unspecified atom stereocenters. The van der Waals surface area contributed by atoms with Crippen LogP contribution in [0.3, 0.4) is 0 Å². The number of aromatic amines is 1. The van der Waals surface area contributed by atoms with Gasteiger partial charge >= 0.3 is 0 Å². The van der Waals surface area contributed by atoms with Crippen LogP contribution in [0.25, 0.3) is 0 Å². The van der Waals surface area contributed by atoms with Crippen LogP contribution in [0.15, 0.2) is 40.6 Å². The van der Waals surface area contributed by atoms with Gasteiger partial charge in [0.05, 0.1) is 5.56 Å². The first-order valence-corrected chi connectivity index (χ1v) is 8.80. The Labute approximate surface area is 131 Å². The summed E-state index contributed by atoms with van der Waals surface area (Å²) >= 11 is 3.70. The Hall–Kier alpha value is -1.53. The number of carbonyl (C=O) groups excluding carboxylic acids is 1. The number of rotatable bonds is 2. The van der Waals surface area contributed by atoms with Gasteiger partial charge < -0.3 is 9.88 Å². The van der Waals surface area contributed by atoms with Gasteiger partial charge in [0.15, 0.2) is 0 Å². The Morgan fingerprint density at radius 2 is 2.19 bits per heavy atom. The van der Waals surface area contributed by atoms with Gasteiger partial charge in [-0.05, 0) is 23.9 Å². The van der Waals surface area contributed by atoms with E-state index in [2.05, 4.69) is 22.5 Å². The number of H-pyrrole nitrogens is 1. The number of hydrogen-bond donors (Lipinski definition) is 1. The number of thiophene rings is 1. The molecule has 0 aliphatic carbocycles. The summed E-state index contributed by atoms with van der Waals surface area (Å²) in [6, 6.07) is 7.24. The number of carbonyl (C=O) groups is 1. The maximum atomic E-state index is 12.5. The van der Waals surface area contributed by atoms with E-state index in [0.29, 0.717) is 10.8 Å². The fourth-order valence-electron chi connectivity index (χ4n) is 2.40. The minimum absolute atomic E-state index is 0.00122. The second kappa shape index (κ2) is 6.49.